The van der Waals surface area contributed by atoms with Crippen LogP contribution in [0, 0.1) is 0 Å². The number of hydrogen-bond donors (Lipinski definition) is 0. The molecule has 1 aromatic rings. The van der Waals surface area contributed by atoms with E-state index in [4.69, 9.17) is 4.74 Å². The molecule has 0 aromatic heterocycles. The van der Waals surface area contributed by atoms with Crippen LogP contribution in [0.4, 0.5) is 12.9 Å². The summed E-state index contributed by atoms with van der Waals surface area (Å²) in [5, 5.41) is 0. The van der Waals surface area contributed by atoms with Crippen LogP contribution >= 0.6 is 0 Å². The molecule has 0 unspecified atom stereocenters. The van der Waals surface area contributed by atoms with Crippen LogP contribution < -0.4 is 61.6 Å². The molecule has 1 fully saturated rings. The maximum absolute atomic E-state index is 12.5. The van der Waals surface area contributed by atoms with Gasteiger partial charge in [-0.05, 0) is 38.1 Å². The van der Waals surface area contributed by atoms with Crippen molar-refractivity contribution >= 4 is 12.4 Å². The number of likely N-dealkylation sites (tertiary alicyclic amines) is 1. The largest absolute Gasteiger partial charge is 1.00 e. The maximum atomic E-state index is 12.5. The van der Waals surface area contributed by atoms with E-state index in [1.165, 1.54) is 18.9 Å². The van der Waals surface area contributed by atoms with Crippen molar-refractivity contribution in [2.24, 2.45) is 0 Å². The zero-order chi connectivity index (χ0) is 13.0. The van der Waals surface area contributed by atoms with E-state index in [0.717, 1.165) is 31.8 Å². The molecule has 7 heteroatoms. The molecule has 0 bridgehead atoms. The smallest absolute Gasteiger partial charge is 0.492 e. The number of rotatable bonds is 5. The van der Waals surface area contributed by atoms with E-state index in [9.17, 15) is 12.9 Å². The Hall–Kier alpha value is 0.471. The van der Waals surface area contributed by atoms with Crippen molar-refractivity contribution in [2.75, 3.05) is 26.2 Å². The standard InChI is InChI=1S/C12H16BF3NO.K/c14-13(15,16)11-4-3-5-12(10-11)18-9-8-17-6-1-2-7-17;/h3-5,10H,1-2,6-9H2;/q-1;+1. The van der Waals surface area contributed by atoms with Gasteiger partial charge in [-0.25, -0.2) is 0 Å². The quantitative estimate of drug-likeness (QED) is 0.661. The van der Waals surface area contributed by atoms with Gasteiger partial charge in [0, 0.05) is 6.54 Å². The molecule has 0 saturated carbocycles. The van der Waals surface area contributed by atoms with E-state index in [1.54, 1.807) is 6.07 Å². The summed E-state index contributed by atoms with van der Waals surface area (Å²) < 4.78 is 43.0. The van der Waals surface area contributed by atoms with Gasteiger partial charge in [0.15, 0.2) is 0 Å². The van der Waals surface area contributed by atoms with Crippen LogP contribution in [0.3, 0.4) is 0 Å². The number of benzene rings is 1. The van der Waals surface area contributed by atoms with E-state index in [1.807, 2.05) is 0 Å². The first-order chi connectivity index (χ1) is 8.55. The first kappa shape index (κ1) is 17.5. The van der Waals surface area contributed by atoms with Crippen LogP contribution in [0.15, 0.2) is 24.3 Å². The van der Waals surface area contributed by atoms with Crippen molar-refractivity contribution in [3.05, 3.63) is 24.3 Å². The van der Waals surface area contributed by atoms with E-state index in [0.29, 0.717) is 12.4 Å². The first-order valence-corrected chi connectivity index (χ1v) is 6.21. The molecule has 0 radical (unpaired) electrons. The average molecular weight is 297 g/mol. The van der Waals surface area contributed by atoms with Crippen LogP contribution in [-0.2, 0) is 0 Å². The third-order valence-electron chi connectivity index (χ3n) is 3.11. The topological polar surface area (TPSA) is 12.5 Å². The Balaban J connectivity index is 0.00000180. The minimum Gasteiger partial charge on any atom is -0.492 e. The van der Waals surface area contributed by atoms with Gasteiger partial charge in [-0.1, -0.05) is 12.1 Å². The minimum absolute atomic E-state index is 0. The van der Waals surface area contributed by atoms with E-state index >= 15 is 0 Å². The van der Waals surface area contributed by atoms with Crippen LogP contribution in [0.2, 0.25) is 0 Å². The maximum Gasteiger partial charge on any atom is 1.00 e. The minimum atomic E-state index is -4.95. The van der Waals surface area contributed by atoms with Crippen molar-refractivity contribution in [2.45, 2.75) is 12.8 Å². The van der Waals surface area contributed by atoms with E-state index in [2.05, 4.69) is 4.90 Å². The third-order valence-corrected chi connectivity index (χ3v) is 3.11. The zero-order valence-electron chi connectivity index (χ0n) is 11.1. The molecule has 0 spiro atoms. The molecule has 1 aliphatic rings. The molecule has 0 atom stereocenters. The summed E-state index contributed by atoms with van der Waals surface area (Å²) in [7, 11) is 0. The Bertz CT molecular complexity index is 397. The number of hydrogen-bond acceptors (Lipinski definition) is 2. The summed E-state index contributed by atoms with van der Waals surface area (Å²) >= 11 is 0. The van der Waals surface area contributed by atoms with Gasteiger partial charge >= 0.3 is 58.4 Å². The summed E-state index contributed by atoms with van der Waals surface area (Å²) in [5.41, 5.74) is -0.603. The van der Waals surface area contributed by atoms with Crippen molar-refractivity contribution < 1.29 is 69.1 Å². The normalized spacial score (nSPS) is 16.2. The molecule has 1 aromatic carbocycles. The number of halogens is 3. The van der Waals surface area contributed by atoms with Crippen LogP contribution in [0.25, 0.3) is 0 Å². The molecule has 1 saturated heterocycles. The second-order valence-electron chi connectivity index (χ2n) is 4.54. The van der Waals surface area contributed by atoms with Crippen LogP contribution in [-0.4, -0.2) is 38.1 Å². The third kappa shape index (κ3) is 5.77. The second kappa shape index (κ2) is 8.05. The van der Waals surface area contributed by atoms with Gasteiger partial charge in [0.1, 0.15) is 12.4 Å². The molecule has 2 nitrogen and oxygen atoms in total. The van der Waals surface area contributed by atoms with Gasteiger partial charge in [-0.2, -0.15) is 0 Å². The van der Waals surface area contributed by atoms with Crippen molar-refractivity contribution in [1.82, 2.24) is 4.90 Å². The number of nitrogens with zero attached hydrogens (tertiary/aromatic N) is 1. The van der Waals surface area contributed by atoms with E-state index < -0.39 is 12.4 Å². The molecule has 19 heavy (non-hydrogen) atoms. The molecule has 0 N–H and O–H groups in total. The fourth-order valence-corrected chi connectivity index (χ4v) is 2.11. The molecule has 0 amide bonds. The summed E-state index contributed by atoms with van der Waals surface area (Å²) in [6.07, 6.45) is 2.40. The predicted octanol–water partition coefficient (Wildman–Crippen LogP) is -0.780. The van der Waals surface area contributed by atoms with Gasteiger partial charge < -0.3 is 17.7 Å². The monoisotopic (exact) mass is 297 g/mol. The zero-order valence-corrected chi connectivity index (χ0v) is 14.2. The van der Waals surface area contributed by atoms with Gasteiger partial charge in [0.05, 0.1) is 0 Å². The predicted molar refractivity (Wildman–Crippen MR) is 66.3 cm³/mol. The Morgan fingerprint density at radius 2 is 1.84 bits per heavy atom. The molecular formula is C12H16BF3KNO. The van der Waals surface area contributed by atoms with Crippen LogP contribution in [0.5, 0.6) is 5.75 Å². The van der Waals surface area contributed by atoms with Gasteiger partial charge in [-0.15, -0.1) is 5.46 Å². The van der Waals surface area contributed by atoms with Crippen molar-refractivity contribution in [3.63, 3.8) is 0 Å². The Morgan fingerprint density at radius 3 is 2.47 bits per heavy atom. The van der Waals surface area contributed by atoms with Gasteiger partial charge in [0.2, 0.25) is 0 Å². The van der Waals surface area contributed by atoms with Gasteiger partial charge in [0.25, 0.3) is 0 Å². The van der Waals surface area contributed by atoms with Crippen molar-refractivity contribution in [1.29, 1.82) is 0 Å². The van der Waals surface area contributed by atoms with Crippen LogP contribution in [0.1, 0.15) is 12.8 Å². The Morgan fingerprint density at radius 1 is 1.16 bits per heavy atom. The molecule has 100 valence electrons. The van der Waals surface area contributed by atoms with E-state index in [-0.39, 0.29) is 51.4 Å². The molecule has 1 heterocycles. The number of ether oxygens (including phenoxy) is 1. The summed E-state index contributed by atoms with van der Waals surface area (Å²) in [5.74, 6) is 0.297. The summed E-state index contributed by atoms with van der Waals surface area (Å²) in [6.45, 7) is -1.60. The SMILES string of the molecule is F[B-](F)(F)c1cccc(OCCN2CCCC2)c1.[K+]. The van der Waals surface area contributed by atoms with Crippen molar-refractivity contribution in [3.8, 4) is 5.75 Å². The summed E-state index contributed by atoms with van der Waals surface area (Å²) in [4.78, 5) is 2.26. The molecule has 0 aliphatic carbocycles. The van der Waals surface area contributed by atoms with Gasteiger partial charge in [-0.3, -0.25) is 4.90 Å². The molecular weight excluding hydrogens is 281 g/mol. The molecule has 2 rings (SSSR count). The second-order valence-corrected chi connectivity index (χ2v) is 4.54. The first-order valence-electron chi connectivity index (χ1n) is 6.21. The average Bonchev–Trinajstić information content (AvgIpc) is 2.81. The molecule has 1 aliphatic heterocycles. The Kier molecular flexibility index (Phi) is 7.42. The Labute approximate surface area is 154 Å². The fraction of sp³-hybridized carbons (Fsp3) is 0.500. The summed E-state index contributed by atoms with van der Waals surface area (Å²) in [6, 6.07) is 5.10. The fourth-order valence-electron chi connectivity index (χ4n) is 2.11.